The number of anilines is 1. The summed E-state index contributed by atoms with van der Waals surface area (Å²) in [5.41, 5.74) is 9.72. The molecule has 6 nitrogen and oxygen atoms in total. The number of halogens is 2. The normalized spacial score (nSPS) is 18.3. The summed E-state index contributed by atoms with van der Waals surface area (Å²) in [6.45, 7) is 1.53. The number of nitrogens with one attached hydrogen (secondary N) is 2. The van der Waals surface area contributed by atoms with Crippen LogP contribution in [0.25, 0.3) is 22.4 Å². The molecule has 1 aliphatic rings. The number of pyridine rings is 1. The van der Waals surface area contributed by atoms with Gasteiger partial charge in [0.2, 0.25) is 11.8 Å². The third kappa shape index (κ3) is 6.98. The summed E-state index contributed by atoms with van der Waals surface area (Å²) >= 11 is 0. The van der Waals surface area contributed by atoms with E-state index < -0.39 is 12.5 Å². The number of hydrogen-bond donors (Lipinski definition) is 3. The smallest absolute Gasteiger partial charge is 0.257 e. The van der Waals surface area contributed by atoms with Gasteiger partial charge >= 0.3 is 0 Å². The van der Waals surface area contributed by atoms with Crippen LogP contribution in [0.1, 0.15) is 50.6 Å². The molecule has 0 saturated heterocycles. The van der Waals surface area contributed by atoms with Crippen molar-refractivity contribution < 1.29 is 18.4 Å². The maximum atomic E-state index is 13.0. The second kappa shape index (κ2) is 12.1. The Morgan fingerprint density at radius 1 is 1.00 bits per heavy atom. The number of alkyl halides is 2. The standard InChI is InChI=1S/C29H32F2N4O2/c1-18(36)34-23-13-7-19(8-14-23)15-26(37)35-24-16-25(20-5-3-2-4-6-20)28(33-17-24)22-11-9-21(10-12-22)27(32)29(30)31/h2-6,9-12,16-17,19,23,27,29H,7-8,13-15,32H2,1H3,(H,34,36)(H,35,37)/t19?,23?,27-/m0/s1. The van der Waals surface area contributed by atoms with Gasteiger partial charge in [0.25, 0.3) is 6.43 Å². The molecule has 1 heterocycles. The zero-order valence-corrected chi connectivity index (χ0v) is 20.8. The van der Waals surface area contributed by atoms with Crippen LogP contribution in [0, 0.1) is 5.92 Å². The third-order valence-corrected chi connectivity index (χ3v) is 6.82. The molecule has 2 amide bonds. The molecule has 4 N–H and O–H groups in total. The summed E-state index contributed by atoms with van der Waals surface area (Å²) in [7, 11) is 0. The first-order chi connectivity index (χ1) is 17.8. The fraction of sp³-hybridized carbons (Fsp3) is 0.345. The van der Waals surface area contributed by atoms with Crippen molar-refractivity contribution in [2.24, 2.45) is 11.7 Å². The molecule has 0 unspecified atom stereocenters. The zero-order chi connectivity index (χ0) is 26.4. The number of rotatable bonds is 8. The molecule has 194 valence electrons. The van der Waals surface area contributed by atoms with Crippen LogP contribution < -0.4 is 16.4 Å². The van der Waals surface area contributed by atoms with Gasteiger partial charge in [-0.2, -0.15) is 0 Å². The van der Waals surface area contributed by atoms with Gasteiger partial charge in [0, 0.05) is 30.5 Å². The van der Waals surface area contributed by atoms with Crippen molar-refractivity contribution in [1.29, 1.82) is 0 Å². The molecule has 1 saturated carbocycles. The van der Waals surface area contributed by atoms with Gasteiger partial charge in [-0.25, -0.2) is 8.78 Å². The molecule has 8 heteroatoms. The van der Waals surface area contributed by atoms with Crippen molar-refractivity contribution in [3.05, 3.63) is 72.4 Å². The van der Waals surface area contributed by atoms with Crippen molar-refractivity contribution in [2.45, 2.75) is 57.5 Å². The third-order valence-electron chi connectivity index (χ3n) is 6.82. The van der Waals surface area contributed by atoms with E-state index in [0.29, 0.717) is 23.4 Å². The molecule has 3 aromatic rings. The van der Waals surface area contributed by atoms with E-state index in [2.05, 4.69) is 15.6 Å². The van der Waals surface area contributed by atoms with Crippen LogP contribution in [0.15, 0.2) is 66.9 Å². The monoisotopic (exact) mass is 506 g/mol. The van der Waals surface area contributed by atoms with Crippen LogP contribution in [-0.2, 0) is 9.59 Å². The Balaban J connectivity index is 1.50. The Kier molecular flexibility index (Phi) is 8.61. The average molecular weight is 507 g/mol. The predicted octanol–water partition coefficient (Wildman–Crippen LogP) is 5.70. The largest absolute Gasteiger partial charge is 0.354 e. The summed E-state index contributed by atoms with van der Waals surface area (Å²) < 4.78 is 26.0. The molecule has 1 aliphatic carbocycles. The predicted molar refractivity (Wildman–Crippen MR) is 141 cm³/mol. The molecule has 0 bridgehead atoms. The van der Waals surface area contributed by atoms with Crippen molar-refractivity contribution in [3.8, 4) is 22.4 Å². The lowest BCUT2D eigenvalue weighted by molar-refractivity contribution is -0.120. The van der Waals surface area contributed by atoms with E-state index in [0.717, 1.165) is 42.4 Å². The van der Waals surface area contributed by atoms with Gasteiger partial charge in [-0.15, -0.1) is 0 Å². The Morgan fingerprint density at radius 3 is 2.30 bits per heavy atom. The molecule has 1 fully saturated rings. The number of amides is 2. The molecule has 37 heavy (non-hydrogen) atoms. The van der Waals surface area contributed by atoms with E-state index in [9.17, 15) is 18.4 Å². The van der Waals surface area contributed by atoms with Crippen LogP contribution in [0.3, 0.4) is 0 Å². The van der Waals surface area contributed by atoms with Gasteiger partial charge in [-0.3, -0.25) is 14.6 Å². The van der Waals surface area contributed by atoms with E-state index in [1.54, 1.807) is 30.5 Å². The number of aromatic nitrogens is 1. The van der Waals surface area contributed by atoms with Gasteiger partial charge < -0.3 is 16.4 Å². The van der Waals surface area contributed by atoms with Gasteiger partial charge in [0.1, 0.15) is 0 Å². The Bertz CT molecular complexity index is 1210. The molecule has 0 aliphatic heterocycles. The second-order valence-corrected chi connectivity index (χ2v) is 9.64. The van der Waals surface area contributed by atoms with Crippen LogP contribution >= 0.6 is 0 Å². The summed E-state index contributed by atoms with van der Waals surface area (Å²) in [5, 5.41) is 5.95. The van der Waals surface area contributed by atoms with Gasteiger partial charge in [-0.05, 0) is 48.8 Å². The van der Waals surface area contributed by atoms with Crippen LogP contribution in [-0.4, -0.2) is 29.3 Å². The number of carbonyl (C=O) groups is 2. The van der Waals surface area contributed by atoms with Crippen LogP contribution in [0.2, 0.25) is 0 Å². The van der Waals surface area contributed by atoms with E-state index in [1.165, 1.54) is 6.92 Å². The molecule has 1 atom stereocenters. The lowest BCUT2D eigenvalue weighted by Crippen LogP contribution is -2.36. The fourth-order valence-electron chi connectivity index (χ4n) is 4.88. The Morgan fingerprint density at radius 2 is 1.68 bits per heavy atom. The summed E-state index contributed by atoms with van der Waals surface area (Å²) in [6, 6.07) is 17.1. The lowest BCUT2D eigenvalue weighted by Gasteiger charge is -2.28. The first-order valence-corrected chi connectivity index (χ1v) is 12.6. The van der Waals surface area contributed by atoms with Gasteiger partial charge in [-0.1, -0.05) is 54.6 Å². The van der Waals surface area contributed by atoms with Crippen molar-refractivity contribution in [3.63, 3.8) is 0 Å². The highest BCUT2D eigenvalue weighted by atomic mass is 19.3. The minimum atomic E-state index is -2.64. The molecular weight excluding hydrogens is 474 g/mol. The topological polar surface area (TPSA) is 97.1 Å². The number of benzene rings is 2. The maximum Gasteiger partial charge on any atom is 0.257 e. The van der Waals surface area contributed by atoms with Crippen LogP contribution in [0.4, 0.5) is 14.5 Å². The van der Waals surface area contributed by atoms with E-state index >= 15 is 0 Å². The number of nitrogens with two attached hydrogens (primary N) is 1. The Hall–Kier alpha value is -3.65. The minimum Gasteiger partial charge on any atom is -0.354 e. The lowest BCUT2D eigenvalue weighted by atomic mass is 9.84. The Labute approximate surface area is 215 Å². The number of hydrogen-bond acceptors (Lipinski definition) is 4. The molecule has 0 spiro atoms. The summed E-state index contributed by atoms with van der Waals surface area (Å²) in [6.07, 6.45) is 2.96. The highest BCUT2D eigenvalue weighted by Crippen LogP contribution is 2.34. The van der Waals surface area contributed by atoms with Crippen LogP contribution in [0.5, 0.6) is 0 Å². The number of nitrogens with zero attached hydrogens (tertiary/aromatic N) is 1. The fourth-order valence-corrected chi connectivity index (χ4v) is 4.88. The first-order valence-electron chi connectivity index (χ1n) is 12.6. The van der Waals surface area contributed by atoms with Crippen molar-refractivity contribution in [1.82, 2.24) is 10.3 Å². The highest BCUT2D eigenvalue weighted by molar-refractivity contribution is 5.93. The van der Waals surface area contributed by atoms with E-state index in [4.69, 9.17) is 5.73 Å². The summed E-state index contributed by atoms with van der Waals surface area (Å²) in [5.74, 6) is 0.199. The van der Waals surface area contributed by atoms with Gasteiger partial charge in [0.15, 0.2) is 0 Å². The molecule has 4 rings (SSSR count). The summed E-state index contributed by atoms with van der Waals surface area (Å²) in [4.78, 5) is 28.7. The second-order valence-electron chi connectivity index (χ2n) is 9.64. The maximum absolute atomic E-state index is 13.0. The molecule has 1 aromatic heterocycles. The van der Waals surface area contributed by atoms with Crippen molar-refractivity contribution in [2.75, 3.05) is 5.32 Å². The highest BCUT2D eigenvalue weighted by Gasteiger charge is 2.24. The van der Waals surface area contributed by atoms with E-state index in [-0.39, 0.29) is 23.8 Å². The quantitative estimate of drug-likeness (QED) is 0.365. The molecule has 2 aromatic carbocycles. The molecule has 0 radical (unpaired) electrons. The average Bonchev–Trinajstić information content (AvgIpc) is 2.89. The van der Waals surface area contributed by atoms with Gasteiger partial charge in [0.05, 0.1) is 23.6 Å². The van der Waals surface area contributed by atoms with E-state index in [1.807, 2.05) is 36.4 Å². The first kappa shape index (κ1) is 26.4. The number of carbonyl (C=O) groups excluding carboxylic acids is 2. The SMILES string of the molecule is CC(=O)NC1CCC(CC(=O)Nc2cnc(-c3ccc([C@H](N)C(F)F)cc3)c(-c3ccccc3)c2)CC1. The molecular formula is C29H32F2N4O2. The zero-order valence-electron chi connectivity index (χ0n) is 20.8. The van der Waals surface area contributed by atoms with Crippen molar-refractivity contribution >= 4 is 17.5 Å². The minimum absolute atomic E-state index is 0.0148.